The molecule has 0 spiro atoms. The fourth-order valence-corrected chi connectivity index (χ4v) is 3.10. The lowest BCUT2D eigenvalue weighted by molar-refractivity contribution is -0.133. The molecule has 1 N–H and O–H groups in total. The van der Waals surface area contributed by atoms with Crippen molar-refractivity contribution in [2.75, 3.05) is 5.75 Å². The molecule has 0 fully saturated rings. The Morgan fingerprint density at radius 1 is 1.17 bits per heavy atom. The molecule has 6 nitrogen and oxygen atoms in total. The average molecular weight is 361 g/mol. The molecule has 0 aliphatic heterocycles. The summed E-state index contributed by atoms with van der Waals surface area (Å²) in [6, 6.07) is 11.1. The second-order valence-electron chi connectivity index (χ2n) is 4.90. The van der Waals surface area contributed by atoms with Crippen molar-refractivity contribution in [2.45, 2.75) is 11.6 Å². The Labute approximate surface area is 147 Å². The number of carboxylic acids is 1. The number of carbonyl (C=O) groups is 1. The summed E-state index contributed by atoms with van der Waals surface area (Å²) in [5.41, 5.74) is 1.75. The summed E-state index contributed by atoms with van der Waals surface area (Å²) in [6.45, 7) is 0. The summed E-state index contributed by atoms with van der Waals surface area (Å²) in [4.78, 5) is 14.9. The zero-order valence-corrected chi connectivity index (χ0v) is 14.0. The molecule has 0 aliphatic carbocycles. The van der Waals surface area contributed by atoms with Gasteiger partial charge in [-0.3, -0.25) is 14.3 Å². The molecule has 8 heteroatoms. The number of nitrogens with zero attached hydrogens (tertiary/aromatic N) is 4. The SMILES string of the molecule is O=C(O)CSc1nnc(Cc2ccncc2)n1-c1ccccc1Cl. The highest BCUT2D eigenvalue weighted by Gasteiger charge is 2.17. The van der Waals surface area contributed by atoms with Gasteiger partial charge in [-0.05, 0) is 29.8 Å². The maximum Gasteiger partial charge on any atom is 0.313 e. The Morgan fingerprint density at radius 3 is 2.62 bits per heavy atom. The highest BCUT2D eigenvalue weighted by atomic mass is 35.5. The third-order valence-electron chi connectivity index (χ3n) is 3.23. The van der Waals surface area contributed by atoms with E-state index in [1.165, 1.54) is 0 Å². The third kappa shape index (κ3) is 3.74. The van der Waals surface area contributed by atoms with Crippen LogP contribution in [0.15, 0.2) is 53.9 Å². The van der Waals surface area contributed by atoms with Gasteiger partial charge in [0.25, 0.3) is 0 Å². The Bertz CT molecular complexity index is 854. The van der Waals surface area contributed by atoms with Crippen molar-refractivity contribution < 1.29 is 9.90 Å². The maximum absolute atomic E-state index is 10.9. The zero-order chi connectivity index (χ0) is 16.9. The van der Waals surface area contributed by atoms with Gasteiger partial charge in [0.2, 0.25) is 0 Å². The first-order valence-electron chi connectivity index (χ1n) is 7.08. The molecule has 0 saturated heterocycles. The van der Waals surface area contributed by atoms with Crippen molar-refractivity contribution in [3.63, 3.8) is 0 Å². The van der Waals surface area contributed by atoms with Gasteiger partial charge in [-0.25, -0.2) is 0 Å². The molecule has 122 valence electrons. The predicted octanol–water partition coefficient (Wildman–Crippen LogP) is 3.08. The normalized spacial score (nSPS) is 10.7. The number of hydrogen-bond donors (Lipinski definition) is 1. The molecule has 0 amide bonds. The summed E-state index contributed by atoms with van der Waals surface area (Å²) >= 11 is 7.42. The Hall–Kier alpha value is -2.38. The highest BCUT2D eigenvalue weighted by molar-refractivity contribution is 7.99. The van der Waals surface area contributed by atoms with Gasteiger partial charge in [0.1, 0.15) is 5.82 Å². The van der Waals surface area contributed by atoms with E-state index in [0.717, 1.165) is 23.0 Å². The monoisotopic (exact) mass is 360 g/mol. The number of hydrogen-bond acceptors (Lipinski definition) is 5. The minimum atomic E-state index is -0.913. The topological polar surface area (TPSA) is 80.9 Å². The van der Waals surface area contributed by atoms with Crippen molar-refractivity contribution >= 4 is 29.3 Å². The van der Waals surface area contributed by atoms with Crippen molar-refractivity contribution in [1.82, 2.24) is 19.7 Å². The lowest BCUT2D eigenvalue weighted by Gasteiger charge is -2.11. The van der Waals surface area contributed by atoms with Gasteiger partial charge in [0, 0.05) is 18.8 Å². The van der Waals surface area contributed by atoms with Gasteiger partial charge in [0.15, 0.2) is 5.16 Å². The standard InChI is InChI=1S/C16H13ClN4O2S/c17-12-3-1-2-4-13(12)21-14(9-11-5-7-18-8-6-11)19-20-16(21)24-10-15(22)23/h1-8H,9-10H2,(H,22,23). The van der Waals surface area contributed by atoms with E-state index >= 15 is 0 Å². The average Bonchev–Trinajstić information content (AvgIpc) is 2.97. The van der Waals surface area contributed by atoms with Crippen LogP contribution in [0.4, 0.5) is 0 Å². The molecule has 3 rings (SSSR count). The molecule has 0 radical (unpaired) electrons. The Balaban J connectivity index is 2.02. The van der Waals surface area contributed by atoms with Gasteiger partial charge < -0.3 is 5.11 Å². The van der Waals surface area contributed by atoms with E-state index in [1.807, 2.05) is 30.3 Å². The van der Waals surface area contributed by atoms with Crippen molar-refractivity contribution in [1.29, 1.82) is 0 Å². The number of pyridine rings is 1. The molecule has 0 saturated carbocycles. The van der Waals surface area contributed by atoms with E-state index in [1.54, 1.807) is 23.0 Å². The minimum Gasteiger partial charge on any atom is -0.481 e. The number of aliphatic carboxylic acids is 1. The number of halogens is 1. The van der Waals surface area contributed by atoms with E-state index in [9.17, 15) is 4.79 Å². The first-order chi connectivity index (χ1) is 11.6. The van der Waals surface area contributed by atoms with E-state index in [0.29, 0.717) is 22.4 Å². The molecule has 3 aromatic rings. The van der Waals surface area contributed by atoms with E-state index < -0.39 is 5.97 Å². The molecule has 2 aromatic heterocycles. The Kier molecular flexibility index (Phi) is 5.12. The maximum atomic E-state index is 10.9. The molecule has 0 aliphatic rings. The third-order valence-corrected chi connectivity index (χ3v) is 4.46. The lowest BCUT2D eigenvalue weighted by atomic mass is 10.2. The van der Waals surface area contributed by atoms with Crippen LogP contribution in [0.1, 0.15) is 11.4 Å². The van der Waals surface area contributed by atoms with Crippen LogP contribution in [0, 0.1) is 0 Å². The van der Waals surface area contributed by atoms with Gasteiger partial charge in [-0.1, -0.05) is 35.5 Å². The first-order valence-corrected chi connectivity index (χ1v) is 8.44. The predicted molar refractivity (Wildman–Crippen MR) is 91.8 cm³/mol. The van der Waals surface area contributed by atoms with Crippen LogP contribution >= 0.6 is 23.4 Å². The minimum absolute atomic E-state index is 0.0994. The molecule has 0 unspecified atom stereocenters. The summed E-state index contributed by atoms with van der Waals surface area (Å²) in [5, 5.41) is 18.3. The van der Waals surface area contributed by atoms with Gasteiger partial charge in [0.05, 0.1) is 16.5 Å². The van der Waals surface area contributed by atoms with Crippen LogP contribution in [0.3, 0.4) is 0 Å². The smallest absolute Gasteiger partial charge is 0.313 e. The Morgan fingerprint density at radius 2 is 1.92 bits per heavy atom. The summed E-state index contributed by atoms with van der Waals surface area (Å²) in [5.74, 6) is -0.329. The zero-order valence-electron chi connectivity index (χ0n) is 12.5. The summed E-state index contributed by atoms with van der Waals surface area (Å²) < 4.78 is 1.80. The molecular weight excluding hydrogens is 348 g/mol. The molecule has 0 bridgehead atoms. The van der Waals surface area contributed by atoms with Crippen LogP contribution < -0.4 is 0 Å². The molecular formula is C16H13ClN4O2S. The van der Waals surface area contributed by atoms with E-state index in [4.69, 9.17) is 16.7 Å². The van der Waals surface area contributed by atoms with Gasteiger partial charge in [-0.2, -0.15) is 0 Å². The number of benzene rings is 1. The number of aromatic nitrogens is 4. The van der Waals surface area contributed by atoms with Crippen LogP contribution in [0.2, 0.25) is 5.02 Å². The second kappa shape index (κ2) is 7.46. The van der Waals surface area contributed by atoms with Crippen molar-refractivity contribution in [3.05, 3.63) is 65.2 Å². The quantitative estimate of drug-likeness (QED) is 0.680. The number of carboxylic acid groups (broad SMARTS) is 1. The second-order valence-corrected chi connectivity index (χ2v) is 6.25. The lowest BCUT2D eigenvalue weighted by Crippen LogP contribution is -2.06. The van der Waals surface area contributed by atoms with E-state index in [-0.39, 0.29) is 5.75 Å². The summed E-state index contributed by atoms with van der Waals surface area (Å²) in [7, 11) is 0. The van der Waals surface area contributed by atoms with Gasteiger partial charge in [-0.15, -0.1) is 10.2 Å². The number of rotatable bonds is 6. The van der Waals surface area contributed by atoms with E-state index in [2.05, 4.69) is 15.2 Å². The van der Waals surface area contributed by atoms with Crippen LogP contribution in [0.5, 0.6) is 0 Å². The van der Waals surface area contributed by atoms with Crippen LogP contribution in [0.25, 0.3) is 5.69 Å². The number of thioether (sulfide) groups is 1. The fourth-order valence-electron chi connectivity index (χ4n) is 2.19. The molecule has 0 atom stereocenters. The molecule has 24 heavy (non-hydrogen) atoms. The summed E-state index contributed by atoms with van der Waals surface area (Å²) in [6.07, 6.45) is 3.96. The highest BCUT2D eigenvalue weighted by Crippen LogP contribution is 2.27. The van der Waals surface area contributed by atoms with Gasteiger partial charge >= 0.3 is 5.97 Å². The first kappa shape index (κ1) is 16.5. The fraction of sp³-hybridized carbons (Fsp3) is 0.125. The van der Waals surface area contributed by atoms with Crippen LogP contribution in [-0.2, 0) is 11.2 Å². The van der Waals surface area contributed by atoms with Crippen molar-refractivity contribution in [2.24, 2.45) is 0 Å². The van der Waals surface area contributed by atoms with Crippen LogP contribution in [-0.4, -0.2) is 36.6 Å². The van der Waals surface area contributed by atoms with Crippen molar-refractivity contribution in [3.8, 4) is 5.69 Å². The molecule has 1 aromatic carbocycles. The number of para-hydroxylation sites is 1. The largest absolute Gasteiger partial charge is 0.481 e. The molecule has 2 heterocycles.